The van der Waals surface area contributed by atoms with E-state index in [4.69, 9.17) is 19.7 Å². The first-order chi connectivity index (χ1) is 27.8. The zero-order valence-electron chi connectivity index (χ0n) is 30.2. The van der Waals surface area contributed by atoms with E-state index in [1.54, 1.807) is 0 Å². The molecule has 0 saturated carbocycles. The Morgan fingerprint density at radius 3 is 1.36 bits per heavy atom. The maximum absolute atomic E-state index is 7.30. The average molecular weight is 717 g/mol. The molecule has 0 saturated heterocycles. The zero-order valence-corrected chi connectivity index (χ0v) is 30.2. The van der Waals surface area contributed by atoms with Crippen LogP contribution in [0.4, 0.5) is 0 Å². The summed E-state index contributed by atoms with van der Waals surface area (Å²) in [7, 11) is 0. The summed E-state index contributed by atoms with van der Waals surface area (Å²) in [4.78, 5) is 19.8. The van der Waals surface area contributed by atoms with E-state index < -0.39 is 5.41 Å². The molecular formula is C51H32N4O. The number of ether oxygens (including phenoxy) is 1. The highest BCUT2D eigenvalue weighted by atomic mass is 16.5. The molecule has 1 spiro atoms. The number of hydrogen-bond acceptors (Lipinski definition) is 5. The van der Waals surface area contributed by atoms with Crippen LogP contribution in [0.5, 0.6) is 11.5 Å². The van der Waals surface area contributed by atoms with Gasteiger partial charge in [-0.3, -0.25) is 4.98 Å². The summed E-state index contributed by atoms with van der Waals surface area (Å²) >= 11 is 0. The number of aromatic nitrogens is 4. The molecule has 7 aromatic carbocycles. The van der Waals surface area contributed by atoms with Crippen LogP contribution >= 0.6 is 0 Å². The van der Waals surface area contributed by atoms with Gasteiger partial charge >= 0.3 is 0 Å². The van der Waals surface area contributed by atoms with E-state index in [0.717, 1.165) is 61.6 Å². The molecule has 3 heterocycles. The average Bonchev–Trinajstić information content (AvgIpc) is 3.57. The number of hydrogen-bond donors (Lipinski definition) is 0. The van der Waals surface area contributed by atoms with E-state index >= 15 is 0 Å². The summed E-state index contributed by atoms with van der Waals surface area (Å²) in [6.45, 7) is 0. The lowest BCUT2D eigenvalue weighted by Gasteiger charge is -2.40. The smallest absolute Gasteiger partial charge is 0.167 e. The van der Waals surface area contributed by atoms with Crippen LogP contribution in [0, 0.1) is 0 Å². The van der Waals surface area contributed by atoms with Crippen molar-refractivity contribution in [3.8, 4) is 79.0 Å². The van der Waals surface area contributed by atoms with Crippen LogP contribution in [0.2, 0.25) is 0 Å². The minimum absolute atomic E-state index is 0.539. The number of rotatable bonds is 5. The molecule has 56 heavy (non-hydrogen) atoms. The Bertz CT molecular complexity index is 2880. The van der Waals surface area contributed by atoms with E-state index in [1.807, 2.05) is 60.9 Å². The molecule has 0 N–H and O–H groups in total. The van der Waals surface area contributed by atoms with Crippen molar-refractivity contribution >= 4 is 0 Å². The Labute approximate surface area is 324 Å². The second kappa shape index (κ2) is 12.8. The third kappa shape index (κ3) is 4.88. The number of benzene rings is 7. The van der Waals surface area contributed by atoms with Crippen LogP contribution in [0.15, 0.2) is 194 Å². The Hall–Kier alpha value is -7.50. The molecule has 2 aliphatic rings. The standard InChI is InChI=1S/C51H32N4O/c1-3-13-33(14-4-1)34-25-27-37(28-26-34)49-53-48(36-15-5-2-6-16-36)54-50(55-49)41-20-12-24-45-47(41)56-46-38(35-29-31-52-32-30-35)19-11-23-44(46)51(45)42-21-9-7-17-39(42)40-18-8-10-22-43(40)51/h1-32H. The van der Waals surface area contributed by atoms with Crippen molar-refractivity contribution in [2.75, 3.05) is 0 Å². The molecule has 262 valence electrons. The third-order valence-corrected chi connectivity index (χ3v) is 11.1. The van der Waals surface area contributed by atoms with E-state index in [-0.39, 0.29) is 0 Å². The van der Waals surface area contributed by atoms with Crippen LogP contribution in [-0.2, 0) is 5.41 Å². The van der Waals surface area contributed by atoms with Gasteiger partial charge in [0, 0.05) is 40.2 Å². The Morgan fingerprint density at radius 1 is 0.304 bits per heavy atom. The van der Waals surface area contributed by atoms with E-state index in [9.17, 15) is 0 Å². The van der Waals surface area contributed by atoms with Gasteiger partial charge in [-0.1, -0.05) is 164 Å². The van der Waals surface area contributed by atoms with Crippen LogP contribution in [-0.4, -0.2) is 19.9 Å². The van der Waals surface area contributed by atoms with Crippen molar-refractivity contribution in [3.63, 3.8) is 0 Å². The number of fused-ring (bicyclic) bond motifs is 9. The fourth-order valence-electron chi connectivity index (χ4n) is 8.67. The lowest BCUT2D eigenvalue weighted by molar-refractivity contribution is 0.439. The molecule has 2 aromatic heterocycles. The molecule has 1 aliphatic carbocycles. The minimum atomic E-state index is -0.666. The SMILES string of the molecule is c1ccc(-c2ccc(-c3nc(-c4ccccc4)nc(-c4cccc5c4Oc4c(-c6ccncc6)cccc4C54c5ccccc5-c5ccccc54)n3)cc2)cc1. The normalized spacial score (nSPS) is 12.9. The van der Waals surface area contributed by atoms with Crippen LogP contribution in [0.3, 0.4) is 0 Å². The molecule has 0 atom stereocenters. The van der Waals surface area contributed by atoms with Gasteiger partial charge in [0.2, 0.25) is 0 Å². The van der Waals surface area contributed by atoms with Gasteiger partial charge in [0.1, 0.15) is 11.5 Å². The molecule has 5 heteroatoms. The van der Waals surface area contributed by atoms with Crippen molar-refractivity contribution in [1.29, 1.82) is 0 Å². The molecule has 0 unspecified atom stereocenters. The lowest BCUT2D eigenvalue weighted by atomic mass is 9.65. The Morgan fingerprint density at radius 2 is 0.732 bits per heavy atom. The fourth-order valence-corrected chi connectivity index (χ4v) is 8.67. The Kier molecular flexibility index (Phi) is 7.32. The van der Waals surface area contributed by atoms with Crippen LogP contribution < -0.4 is 4.74 Å². The van der Waals surface area contributed by atoms with E-state index in [2.05, 4.69) is 138 Å². The van der Waals surface area contributed by atoms with Gasteiger partial charge in [-0.15, -0.1) is 0 Å². The first-order valence-electron chi connectivity index (χ1n) is 18.8. The quantitative estimate of drug-likeness (QED) is 0.177. The summed E-state index contributed by atoms with van der Waals surface area (Å²) < 4.78 is 7.30. The zero-order chi connectivity index (χ0) is 37.1. The number of nitrogens with zero attached hydrogens (tertiary/aromatic N) is 4. The van der Waals surface area contributed by atoms with Crippen molar-refractivity contribution < 1.29 is 4.74 Å². The summed E-state index contributed by atoms with van der Waals surface area (Å²) in [6.07, 6.45) is 3.66. The van der Waals surface area contributed by atoms with Gasteiger partial charge in [-0.05, 0) is 57.1 Å². The number of pyridine rings is 1. The summed E-state index contributed by atoms with van der Waals surface area (Å²) in [5.41, 5.74) is 13.2. The van der Waals surface area contributed by atoms with Crippen molar-refractivity contribution in [3.05, 3.63) is 217 Å². The van der Waals surface area contributed by atoms with Gasteiger partial charge in [-0.2, -0.15) is 0 Å². The molecule has 0 bridgehead atoms. The second-order valence-corrected chi connectivity index (χ2v) is 14.2. The molecule has 9 aromatic rings. The first kappa shape index (κ1) is 32.0. The molecular weight excluding hydrogens is 685 g/mol. The molecule has 0 amide bonds. The predicted molar refractivity (Wildman–Crippen MR) is 222 cm³/mol. The highest BCUT2D eigenvalue weighted by molar-refractivity contribution is 5.92. The molecule has 5 nitrogen and oxygen atoms in total. The minimum Gasteiger partial charge on any atom is -0.455 e. The molecule has 0 radical (unpaired) electrons. The van der Waals surface area contributed by atoms with Crippen molar-refractivity contribution in [2.24, 2.45) is 0 Å². The monoisotopic (exact) mass is 716 g/mol. The molecule has 11 rings (SSSR count). The van der Waals surface area contributed by atoms with Gasteiger partial charge < -0.3 is 4.74 Å². The van der Waals surface area contributed by atoms with Crippen LogP contribution in [0.1, 0.15) is 22.3 Å². The predicted octanol–water partition coefficient (Wildman–Crippen LogP) is 12.1. The van der Waals surface area contributed by atoms with Crippen molar-refractivity contribution in [2.45, 2.75) is 5.41 Å². The van der Waals surface area contributed by atoms with Gasteiger partial charge in [0.25, 0.3) is 0 Å². The van der Waals surface area contributed by atoms with Gasteiger partial charge in [-0.25, -0.2) is 15.0 Å². The second-order valence-electron chi connectivity index (χ2n) is 14.2. The maximum atomic E-state index is 7.30. The number of para-hydroxylation sites is 2. The highest BCUT2D eigenvalue weighted by Crippen LogP contribution is 2.64. The summed E-state index contributed by atoms with van der Waals surface area (Å²) in [6, 6.07) is 63.5. The largest absolute Gasteiger partial charge is 0.455 e. The third-order valence-electron chi connectivity index (χ3n) is 11.1. The molecule has 0 fully saturated rings. The van der Waals surface area contributed by atoms with Gasteiger partial charge in [0.15, 0.2) is 17.5 Å². The van der Waals surface area contributed by atoms with Crippen molar-refractivity contribution in [1.82, 2.24) is 19.9 Å². The molecule has 1 aliphatic heterocycles. The summed E-state index contributed by atoms with van der Waals surface area (Å²) in [5, 5.41) is 0. The van der Waals surface area contributed by atoms with Gasteiger partial charge in [0.05, 0.1) is 11.0 Å². The highest BCUT2D eigenvalue weighted by Gasteiger charge is 2.52. The summed E-state index contributed by atoms with van der Waals surface area (Å²) in [5.74, 6) is 3.25. The van der Waals surface area contributed by atoms with E-state index in [1.165, 1.54) is 22.3 Å². The lowest BCUT2D eigenvalue weighted by Crippen LogP contribution is -2.32. The maximum Gasteiger partial charge on any atom is 0.167 e. The first-order valence-corrected chi connectivity index (χ1v) is 18.8. The fraction of sp³-hybridized carbons (Fsp3) is 0.0196. The topological polar surface area (TPSA) is 60.8 Å². The Balaban J connectivity index is 1.18. The van der Waals surface area contributed by atoms with Crippen LogP contribution in [0.25, 0.3) is 67.5 Å². The van der Waals surface area contributed by atoms with E-state index in [0.29, 0.717) is 17.5 Å².